The lowest BCUT2D eigenvalue weighted by Gasteiger charge is -2.20. The van der Waals surface area contributed by atoms with Crippen molar-refractivity contribution in [2.45, 2.75) is 63.9 Å². The van der Waals surface area contributed by atoms with Gasteiger partial charge in [-0.3, -0.25) is 9.78 Å². The van der Waals surface area contributed by atoms with E-state index in [0.717, 1.165) is 27.6 Å². The summed E-state index contributed by atoms with van der Waals surface area (Å²) in [5.74, 6) is 1.43. The minimum Gasteiger partial charge on any atom is -0.487 e. The van der Waals surface area contributed by atoms with Gasteiger partial charge in [-0.25, -0.2) is 0 Å². The van der Waals surface area contributed by atoms with Crippen LogP contribution in [0.2, 0.25) is 0 Å². The SMILES string of the molecule is CC(C)c1cccc(C(C)C)c1NC(=O)CCc1ccc(OCc2ccccn2)cc1S. The van der Waals surface area contributed by atoms with E-state index in [9.17, 15) is 4.79 Å². The van der Waals surface area contributed by atoms with E-state index in [1.165, 1.54) is 11.1 Å². The summed E-state index contributed by atoms with van der Waals surface area (Å²) in [4.78, 5) is 17.9. The second-order valence-electron chi connectivity index (χ2n) is 8.57. The third-order valence-electron chi connectivity index (χ3n) is 5.43. The number of aryl methyl sites for hydroxylation is 1. The summed E-state index contributed by atoms with van der Waals surface area (Å²) < 4.78 is 5.81. The maximum Gasteiger partial charge on any atom is 0.224 e. The minimum atomic E-state index is 0.0169. The fourth-order valence-electron chi connectivity index (χ4n) is 3.63. The molecule has 0 saturated heterocycles. The number of carbonyl (C=O) groups excluding carboxylic acids is 1. The first-order valence-electron chi connectivity index (χ1n) is 11.1. The Morgan fingerprint density at radius 2 is 1.72 bits per heavy atom. The third-order valence-corrected chi connectivity index (χ3v) is 5.84. The van der Waals surface area contributed by atoms with E-state index in [4.69, 9.17) is 4.74 Å². The van der Waals surface area contributed by atoms with Crippen LogP contribution in [0.5, 0.6) is 5.75 Å². The number of nitrogens with one attached hydrogen (secondary N) is 1. The predicted molar refractivity (Wildman–Crippen MR) is 134 cm³/mol. The standard InChI is InChI=1S/C27H32N2O2S/c1-18(2)23-9-7-10-24(19(3)4)27(23)29-26(30)14-12-20-11-13-22(16-25(20)32)31-17-21-8-5-6-15-28-21/h5-11,13,15-16,18-19,32H,12,14,17H2,1-4H3,(H,29,30). The van der Waals surface area contributed by atoms with Gasteiger partial charge in [0.25, 0.3) is 0 Å². The van der Waals surface area contributed by atoms with E-state index in [1.54, 1.807) is 6.20 Å². The zero-order valence-electron chi connectivity index (χ0n) is 19.3. The fraction of sp³-hybridized carbons (Fsp3) is 0.333. The molecule has 1 amide bonds. The molecular weight excluding hydrogens is 416 g/mol. The predicted octanol–water partition coefficient (Wildman–Crippen LogP) is 6.77. The smallest absolute Gasteiger partial charge is 0.224 e. The first-order chi connectivity index (χ1) is 15.3. The number of amides is 1. The number of para-hydroxylation sites is 1. The Morgan fingerprint density at radius 1 is 1.00 bits per heavy atom. The number of nitrogens with zero attached hydrogens (tertiary/aromatic N) is 1. The monoisotopic (exact) mass is 448 g/mol. The van der Waals surface area contributed by atoms with E-state index in [0.29, 0.717) is 31.3 Å². The Balaban J connectivity index is 1.62. The number of ether oxygens (including phenoxy) is 1. The molecule has 1 N–H and O–H groups in total. The molecule has 0 bridgehead atoms. The minimum absolute atomic E-state index is 0.0169. The van der Waals surface area contributed by atoms with Gasteiger partial charge >= 0.3 is 0 Å². The third kappa shape index (κ3) is 6.36. The molecule has 5 heteroatoms. The molecule has 4 nitrogen and oxygen atoms in total. The number of anilines is 1. The van der Waals surface area contributed by atoms with Gasteiger partial charge < -0.3 is 10.1 Å². The molecule has 3 rings (SSSR count). The number of hydrogen-bond acceptors (Lipinski definition) is 4. The lowest BCUT2D eigenvalue weighted by atomic mass is 9.92. The average Bonchev–Trinajstić information content (AvgIpc) is 2.77. The van der Waals surface area contributed by atoms with Crippen LogP contribution in [0.4, 0.5) is 5.69 Å². The molecule has 1 aromatic heterocycles. The fourth-order valence-corrected chi connectivity index (χ4v) is 3.94. The highest BCUT2D eigenvalue weighted by atomic mass is 32.1. The van der Waals surface area contributed by atoms with Crippen molar-refractivity contribution in [3.8, 4) is 5.75 Å². The second-order valence-corrected chi connectivity index (χ2v) is 9.05. The number of rotatable bonds is 9. The molecule has 3 aromatic rings. The van der Waals surface area contributed by atoms with Gasteiger partial charge in [0, 0.05) is 23.2 Å². The summed E-state index contributed by atoms with van der Waals surface area (Å²) in [5, 5.41) is 3.19. The number of benzene rings is 2. The van der Waals surface area contributed by atoms with E-state index in [1.807, 2.05) is 36.4 Å². The molecule has 1 heterocycles. The Morgan fingerprint density at radius 3 is 2.31 bits per heavy atom. The van der Waals surface area contributed by atoms with Crippen LogP contribution >= 0.6 is 12.6 Å². The van der Waals surface area contributed by atoms with Gasteiger partial charge in [-0.2, -0.15) is 0 Å². The number of pyridine rings is 1. The summed E-state index contributed by atoms with van der Waals surface area (Å²) >= 11 is 4.61. The Kier molecular flexibility index (Phi) is 8.34. The van der Waals surface area contributed by atoms with Crippen LogP contribution in [0.3, 0.4) is 0 Å². The summed E-state index contributed by atoms with van der Waals surface area (Å²) in [6.45, 7) is 9.02. The maximum atomic E-state index is 12.8. The van der Waals surface area contributed by atoms with Gasteiger partial charge in [0.05, 0.1) is 5.69 Å². The topological polar surface area (TPSA) is 51.2 Å². The van der Waals surface area contributed by atoms with Crippen molar-refractivity contribution in [3.63, 3.8) is 0 Å². The average molecular weight is 449 g/mol. The largest absolute Gasteiger partial charge is 0.487 e. The summed E-state index contributed by atoms with van der Waals surface area (Å²) in [6.07, 6.45) is 2.76. The highest BCUT2D eigenvalue weighted by Gasteiger charge is 2.16. The van der Waals surface area contributed by atoms with Crippen molar-refractivity contribution in [2.24, 2.45) is 0 Å². The lowest BCUT2D eigenvalue weighted by Crippen LogP contribution is -2.16. The van der Waals surface area contributed by atoms with Crippen molar-refractivity contribution in [1.29, 1.82) is 0 Å². The number of aromatic nitrogens is 1. The molecule has 0 radical (unpaired) electrons. The molecule has 0 aliphatic rings. The van der Waals surface area contributed by atoms with Crippen LogP contribution in [0.25, 0.3) is 0 Å². The molecule has 0 unspecified atom stereocenters. The summed E-state index contributed by atoms with van der Waals surface area (Å²) in [7, 11) is 0. The summed E-state index contributed by atoms with van der Waals surface area (Å²) in [6, 6.07) is 17.8. The molecule has 32 heavy (non-hydrogen) atoms. The molecule has 0 aliphatic carbocycles. The van der Waals surface area contributed by atoms with Crippen LogP contribution in [-0.4, -0.2) is 10.9 Å². The second kappa shape index (κ2) is 11.2. The first-order valence-corrected chi connectivity index (χ1v) is 11.6. The zero-order valence-corrected chi connectivity index (χ0v) is 20.2. The maximum absolute atomic E-state index is 12.8. The van der Waals surface area contributed by atoms with Crippen molar-refractivity contribution in [1.82, 2.24) is 4.98 Å². The Bertz CT molecular complexity index is 1020. The lowest BCUT2D eigenvalue weighted by molar-refractivity contribution is -0.116. The summed E-state index contributed by atoms with van der Waals surface area (Å²) in [5.41, 5.74) is 5.21. The van der Waals surface area contributed by atoms with Crippen molar-refractivity contribution < 1.29 is 9.53 Å². The highest BCUT2D eigenvalue weighted by molar-refractivity contribution is 7.80. The van der Waals surface area contributed by atoms with Crippen LogP contribution in [0.15, 0.2) is 65.7 Å². The van der Waals surface area contributed by atoms with Crippen LogP contribution in [0, 0.1) is 0 Å². The molecular formula is C27H32N2O2S. The first kappa shape index (κ1) is 23.9. The van der Waals surface area contributed by atoms with Gasteiger partial charge in [0.1, 0.15) is 12.4 Å². The quantitative estimate of drug-likeness (QED) is 0.355. The van der Waals surface area contributed by atoms with Gasteiger partial charge in [0.2, 0.25) is 5.91 Å². The number of carbonyl (C=O) groups is 1. The van der Waals surface area contributed by atoms with E-state index >= 15 is 0 Å². The highest BCUT2D eigenvalue weighted by Crippen LogP contribution is 2.32. The van der Waals surface area contributed by atoms with E-state index < -0.39 is 0 Å². The Hall–Kier alpha value is -2.79. The van der Waals surface area contributed by atoms with E-state index in [-0.39, 0.29) is 5.91 Å². The molecule has 168 valence electrons. The van der Waals surface area contributed by atoms with Gasteiger partial charge in [-0.15, -0.1) is 12.6 Å². The van der Waals surface area contributed by atoms with Crippen molar-refractivity contribution in [3.05, 3.63) is 83.2 Å². The molecule has 0 aliphatic heterocycles. The van der Waals surface area contributed by atoms with Crippen molar-refractivity contribution >= 4 is 24.2 Å². The normalized spacial score (nSPS) is 11.1. The number of hydrogen-bond donors (Lipinski definition) is 2. The molecule has 0 atom stereocenters. The van der Waals surface area contributed by atoms with Gasteiger partial charge in [0.15, 0.2) is 0 Å². The van der Waals surface area contributed by atoms with E-state index in [2.05, 4.69) is 68.8 Å². The van der Waals surface area contributed by atoms with Crippen LogP contribution in [0.1, 0.15) is 68.3 Å². The molecule has 0 spiro atoms. The van der Waals surface area contributed by atoms with Gasteiger partial charge in [-0.05, 0) is 59.2 Å². The zero-order chi connectivity index (χ0) is 23.1. The van der Waals surface area contributed by atoms with Crippen LogP contribution in [-0.2, 0) is 17.8 Å². The number of thiol groups is 1. The van der Waals surface area contributed by atoms with Crippen LogP contribution < -0.4 is 10.1 Å². The van der Waals surface area contributed by atoms with Crippen molar-refractivity contribution in [2.75, 3.05) is 5.32 Å². The molecule has 0 saturated carbocycles. The molecule has 2 aromatic carbocycles. The molecule has 0 fully saturated rings. The van der Waals surface area contributed by atoms with Gasteiger partial charge in [-0.1, -0.05) is 58.0 Å². The Labute approximate surface area is 196 Å².